The molecule has 0 saturated carbocycles. The molecule has 0 saturated heterocycles. The van der Waals surface area contributed by atoms with Gasteiger partial charge in [0.2, 0.25) is 10.0 Å². The molecule has 1 aromatic rings. The smallest absolute Gasteiger partial charge is 0.238 e. The van der Waals surface area contributed by atoms with Crippen molar-refractivity contribution in [3.05, 3.63) is 24.3 Å². The highest BCUT2D eigenvalue weighted by molar-refractivity contribution is 8.14. The molecule has 19 heavy (non-hydrogen) atoms. The summed E-state index contributed by atoms with van der Waals surface area (Å²) in [7, 11) is -3.67. The van der Waals surface area contributed by atoms with Crippen LogP contribution in [0, 0.1) is 5.92 Å². The van der Waals surface area contributed by atoms with E-state index in [9.17, 15) is 8.42 Å². The standard InChI is InChI=1S/C12H17N3O2S2/c1-8-7-18-12(14-9(8)2)15-10-4-3-5-11(6-10)19(13,16)17/h3-6,8-9H,7H2,1-2H3,(H,14,15)(H2,13,16,17). The van der Waals surface area contributed by atoms with E-state index in [0.29, 0.717) is 11.6 Å². The van der Waals surface area contributed by atoms with Gasteiger partial charge in [0.05, 0.1) is 10.9 Å². The number of nitrogens with two attached hydrogens (primary N) is 1. The molecule has 0 aromatic heterocycles. The third kappa shape index (κ3) is 3.71. The van der Waals surface area contributed by atoms with Crippen LogP contribution < -0.4 is 10.5 Å². The van der Waals surface area contributed by atoms with Gasteiger partial charge >= 0.3 is 0 Å². The lowest BCUT2D eigenvalue weighted by atomic mass is 10.1. The molecule has 1 aliphatic rings. The van der Waals surface area contributed by atoms with Crippen molar-refractivity contribution in [2.24, 2.45) is 16.0 Å². The molecule has 0 spiro atoms. The second kappa shape index (κ2) is 5.52. The maximum absolute atomic E-state index is 11.3. The largest absolute Gasteiger partial charge is 0.335 e. The van der Waals surface area contributed by atoms with Crippen LogP contribution in [-0.2, 0) is 10.0 Å². The van der Waals surface area contributed by atoms with Crippen LogP contribution in [0.1, 0.15) is 13.8 Å². The quantitative estimate of drug-likeness (QED) is 0.873. The van der Waals surface area contributed by atoms with Crippen molar-refractivity contribution < 1.29 is 8.42 Å². The van der Waals surface area contributed by atoms with Crippen LogP contribution in [0.25, 0.3) is 0 Å². The summed E-state index contributed by atoms with van der Waals surface area (Å²) in [4.78, 5) is 4.64. The fraction of sp³-hybridized carbons (Fsp3) is 0.417. The third-order valence-corrected chi connectivity index (χ3v) is 5.13. The van der Waals surface area contributed by atoms with Crippen LogP contribution in [0.3, 0.4) is 0 Å². The van der Waals surface area contributed by atoms with Crippen LogP contribution in [0.15, 0.2) is 34.2 Å². The first-order valence-electron chi connectivity index (χ1n) is 5.97. The predicted octanol–water partition coefficient (Wildman–Crippen LogP) is 1.87. The molecule has 0 fully saturated rings. The summed E-state index contributed by atoms with van der Waals surface area (Å²) in [5.74, 6) is 1.55. The van der Waals surface area contributed by atoms with Crippen LogP contribution in [-0.4, -0.2) is 25.4 Å². The van der Waals surface area contributed by atoms with Crippen molar-refractivity contribution >= 4 is 32.6 Å². The number of primary sulfonamides is 1. The van der Waals surface area contributed by atoms with E-state index in [0.717, 1.165) is 10.9 Å². The average molecular weight is 299 g/mol. The molecule has 1 aliphatic heterocycles. The Morgan fingerprint density at radius 2 is 2.16 bits per heavy atom. The normalized spacial score (nSPS) is 23.8. The highest BCUT2D eigenvalue weighted by atomic mass is 32.2. The molecule has 0 aliphatic carbocycles. The Hall–Kier alpha value is -1.05. The van der Waals surface area contributed by atoms with Crippen LogP contribution >= 0.6 is 11.8 Å². The Kier molecular flexibility index (Phi) is 4.17. The molecule has 0 bridgehead atoms. The molecule has 3 N–H and O–H groups in total. The van der Waals surface area contributed by atoms with Crippen LogP contribution in [0.5, 0.6) is 0 Å². The number of hydrogen-bond donors (Lipinski definition) is 2. The number of sulfonamides is 1. The second-order valence-corrected chi connectivity index (χ2v) is 7.23. The molecule has 7 heteroatoms. The summed E-state index contributed by atoms with van der Waals surface area (Å²) in [5, 5.41) is 9.06. The van der Waals surface area contributed by atoms with Gasteiger partial charge in [-0.1, -0.05) is 24.8 Å². The van der Waals surface area contributed by atoms with Crippen molar-refractivity contribution in [3.8, 4) is 0 Å². The molecule has 2 rings (SSSR count). The van der Waals surface area contributed by atoms with Gasteiger partial charge in [0, 0.05) is 11.4 Å². The Labute approximate surface area is 117 Å². The lowest BCUT2D eigenvalue weighted by Gasteiger charge is -2.23. The number of amidine groups is 1. The maximum Gasteiger partial charge on any atom is 0.238 e. The van der Waals surface area contributed by atoms with Gasteiger partial charge < -0.3 is 5.32 Å². The van der Waals surface area contributed by atoms with Crippen molar-refractivity contribution in [2.45, 2.75) is 24.8 Å². The summed E-state index contributed by atoms with van der Waals surface area (Å²) < 4.78 is 22.6. The van der Waals surface area contributed by atoms with Gasteiger partial charge in [-0.05, 0) is 31.0 Å². The number of hydrogen-bond acceptors (Lipinski definition) is 5. The van der Waals surface area contributed by atoms with Crippen LogP contribution in [0.2, 0.25) is 0 Å². The summed E-state index contributed by atoms with van der Waals surface area (Å²) in [6.45, 7) is 4.24. The highest BCUT2D eigenvalue weighted by Crippen LogP contribution is 2.24. The van der Waals surface area contributed by atoms with Gasteiger partial charge in [0.15, 0.2) is 5.17 Å². The SMILES string of the molecule is CC1CSC(Nc2cccc(S(N)(=O)=O)c2)=NC1C. The summed E-state index contributed by atoms with van der Waals surface area (Å²) in [6.07, 6.45) is 0. The number of aliphatic imine (C=N–C) groups is 1. The van der Waals surface area contributed by atoms with E-state index in [1.165, 1.54) is 12.1 Å². The molecule has 2 unspecified atom stereocenters. The summed E-state index contributed by atoms with van der Waals surface area (Å²) in [6, 6.07) is 6.70. The van der Waals surface area contributed by atoms with Gasteiger partial charge in [-0.3, -0.25) is 4.99 Å². The molecule has 2 atom stereocenters. The Morgan fingerprint density at radius 3 is 2.79 bits per heavy atom. The first-order chi connectivity index (χ1) is 8.86. The number of thioether (sulfide) groups is 1. The van der Waals surface area contributed by atoms with Crippen molar-refractivity contribution in [3.63, 3.8) is 0 Å². The molecule has 1 heterocycles. The van der Waals surface area contributed by atoms with Crippen LogP contribution in [0.4, 0.5) is 5.69 Å². The minimum atomic E-state index is -3.67. The van der Waals surface area contributed by atoms with Crippen molar-refractivity contribution in [1.82, 2.24) is 0 Å². The number of nitrogens with one attached hydrogen (secondary N) is 1. The number of benzene rings is 1. The second-order valence-electron chi connectivity index (χ2n) is 4.66. The van der Waals surface area contributed by atoms with Gasteiger partial charge in [0.1, 0.15) is 0 Å². The molecule has 0 radical (unpaired) electrons. The van der Waals surface area contributed by atoms with Crippen molar-refractivity contribution in [2.75, 3.05) is 11.1 Å². The summed E-state index contributed by atoms with van der Waals surface area (Å²) >= 11 is 1.64. The molecule has 1 aromatic carbocycles. The highest BCUT2D eigenvalue weighted by Gasteiger charge is 2.19. The van der Waals surface area contributed by atoms with E-state index in [1.807, 2.05) is 0 Å². The predicted molar refractivity (Wildman–Crippen MR) is 80.0 cm³/mol. The van der Waals surface area contributed by atoms with Gasteiger partial charge in [-0.2, -0.15) is 0 Å². The fourth-order valence-corrected chi connectivity index (χ4v) is 3.33. The average Bonchev–Trinajstić information content (AvgIpc) is 2.33. The molecule has 0 amide bonds. The molecular weight excluding hydrogens is 282 g/mol. The topological polar surface area (TPSA) is 84.5 Å². The maximum atomic E-state index is 11.3. The zero-order valence-corrected chi connectivity index (χ0v) is 12.5. The van der Waals surface area contributed by atoms with E-state index < -0.39 is 10.0 Å². The molecular formula is C12H17N3O2S2. The molecule has 5 nitrogen and oxygen atoms in total. The monoisotopic (exact) mass is 299 g/mol. The Balaban J connectivity index is 2.19. The fourth-order valence-electron chi connectivity index (χ4n) is 1.64. The lowest BCUT2D eigenvalue weighted by molar-refractivity contribution is 0.537. The minimum Gasteiger partial charge on any atom is -0.335 e. The van der Waals surface area contributed by atoms with Crippen molar-refractivity contribution in [1.29, 1.82) is 0 Å². The number of anilines is 1. The van der Waals surface area contributed by atoms with Gasteiger partial charge in [-0.15, -0.1) is 0 Å². The molecule has 104 valence electrons. The third-order valence-electron chi connectivity index (χ3n) is 3.04. The van der Waals surface area contributed by atoms with E-state index in [2.05, 4.69) is 24.2 Å². The Bertz CT molecular complexity index is 599. The van der Waals surface area contributed by atoms with Gasteiger partial charge in [-0.25, -0.2) is 13.6 Å². The number of rotatable bonds is 2. The van der Waals surface area contributed by atoms with E-state index in [1.54, 1.807) is 23.9 Å². The first-order valence-corrected chi connectivity index (χ1v) is 8.50. The summed E-state index contributed by atoms with van der Waals surface area (Å²) in [5.41, 5.74) is 0.680. The lowest BCUT2D eigenvalue weighted by Crippen LogP contribution is -2.25. The van der Waals surface area contributed by atoms with E-state index in [-0.39, 0.29) is 10.9 Å². The number of nitrogens with zero attached hydrogens (tertiary/aromatic N) is 1. The first kappa shape index (κ1) is 14.4. The minimum absolute atomic E-state index is 0.0975. The zero-order chi connectivity index (χ0) is 14.0. The van der Waals surface area contributed by atoms with Gasteiger partial charge in [0.25, 0.3) is 0 Å². The van der Waals surface area contributed by atoms with E-state index in [4.69, 9.17) is 5.14 Å². The zero-order valence-electron chi connectivity index (χ0n) is 10.8. The Morgan fingerprint density at radius 1 is 1.42 bits per heavy atom. The van der Waals surface area contributed by atoms with E-state index >= 15 is 0 Å².